The molecule has 0 spiro atoms. The van der Waals surface area contributed by atoms with E-state index in [2.05, 4.69) is 90.4 Å². The maximum absolute atomic E-state index is 4.80. The summed E-state index contributed by atoms with van der Waals surface area (Å²) in [6.07, 6.45) is 2.96. The van der Waals surface area contributed by atoms with Gasteiger partial charge in [-0.25, -0.2) is 0 Å². The van der Waals surface area contributed by atoms with Crippen molar-refractivity contribution in [2.75, 3.05) is 54.9 Å². The van der Waals surface area contributed by atoms with Crippen LogP contribution in [0.25, 0.3) is 0 Å². The topological polar surface area (TPSA) is 34.1 Å². The molecule has 0 aliphatic carbocycles. The highest BCUT2D eigenvalue weighted by molar-refractivity contribution is 5.68. The zero-order valence-electron chi connectivity index (χ0n) is 18.2. The molecule has 2 heterocycles. The molecule has 154 valence electrons. The molecule has 4 rings (SSSR count). The van der Waals surface area contributed by atoms with E-state index in [-0.39, 0.29) is 6.29 Å². The minimum absolute atomic E-state index is 0.0725. The van der Waals surface area contributed by atoms with Gasteiger partial charge in [0.15, 0.2) is 6.29 Å². The number of benzene rings is 2. The van der Waals surface area contributed by atoms with Crippen LogP contribution in [-0.2, 0) is 0 Å². The number of rotatable bonds is 4. The Balaban J connectivity index is 1.54. The largest absolute Gasteiger partial charge is 0.369 e. The molecule has 0 bridgehead atoms. The van der Waals surface area contributed by atoms with Crippen molar-refractivity contribution in [3.8, 4) is 0 Å². The van der Waals surface area contributed by atoms with Crippen molar-refractivity contribution >= 4 is 23.3 Å². The fraction of sp³-hybridized carbons (Fsp3) is 0.458. The summed E-state index contributed by atoms with van der Waals surface area (Å²) < 4.78 is 0. The predicted octanol–water partition coefficient (Wildman–Crippen LogP) is 4.04. The smallest absolute Gasteiger partial charge is 0.196 e. The first-order chi connectivity index (χ1) is 14.0. The van der Waals surface area contributed by atoms with Crippen molar-refractivity contribution < 1.29 is 0 Å². The van der Waals surface area contributed by atoms with Gasteiger partial charge in [0.25, 0.3) is 0 Å². The number of likely N-dealkylation sites (N-methyl/N-ethyl adjacent to an activating group) is 1. The zero-order valence-corrected chi connectivity index (χ0v) is 18.2. The molecule has 0 amide bonds. The lowest BCUT2D eigenvalue weighted by molar-refractivity contribution is 0.313. The normalized spacial score (nSPS) is 20.2. The van der Waals surface area contributed by atoms with E-state index >= 15 is 0 Å². The van der Waals surface area contributed by atoms with E-state index in [1.54, 1.807) is 0 Å². The van der Waals surface area contributed by atoms with Crippen molar-refractivity contribution in [3.63, 3.8) is 0 Å². The Hall–Kier alpha value is -2.53. The Morgan fingerprint density at radius 3 is 2.31 bits per heavy atom. The first kappa shape index (κ1) is 19.8. The van der Waals surface area contributed by atoms with Gasteiger partial charge in [-0.2, -0.15) is 0 Å². The Bertz CT molecular complexity index is 863. The fourth-order valence-electron chi connectivity index (χ4n) is 4.39. The lowest BCUT2D eigenvalue weighted by atomic mass is 10.1. The minimum Gasteiger partial charge on any atom is -0.369 e. The number of hydrogen-bond acceptors (Lipinski definition) is 5. The van der Waals surface area contributed by atoms with E-state index < -0.39 is 0 Å². The highest BCUT2D eigenvalue weighted by Gasteiger charge is 2.23. The van der Waals surface area contributed by atoms with Gasteiger partial charge < -0.3 is 20.0 Å². The van der Waals surface area contributed by atoms with Crippen LogP contribution in [0.5, 0.6) is 0 Å². The summed E-state index contributed by atoms with van der Waals surface area (Å²) in [6.45, 7) is 12.0. The van der Waals surface area contributed by atoms with Gasteiger partial charge in [0.1, 0.15) is 0 Å². The quantitative estimate of drug-likeness (QED) is 0.853. The van der Waals surface area contributed by atoms with E-state index in [0.717, 1.165) is 44.8 Å². The highest BCUT2D eigenvalue weighted by atomic mass is 15.4. The minimum atomic E-state index is -0.0725. The molecule has 29 heavy (non-hydrogen) atoms. The third-order valence-electron chi connectivity index (χ3n) is 6.13. The van der Waals surface area contributed by atoms with Gasteiger partial charge in [-0.05, 0) is 62.7 Å². The molecule has 5 heteroatoms. The summed E-state index contributed by atoms with van der Waals surface area (Å²) >= 11 is 0. The molecular formula is C24H33N5. The van der Waals surface area contributed by atoms with E-state index in [9.17, 15) is 0 Å². The number of piperazine rings is 1. The van der Waals surface area contributed by atoms with Crippen molar-refractivity contribution in [1.29, 1.82) is 0 Å². The number of anilines is 3. The molecule has 1 atom stereocenters. The standard InChI is InChI=1S/C24H33N5/c1-18-7-5-8-19(2)23(18)29-12-6-11-25-24(29)26-22-10-9-21(17-20(22)3)28-15-13-27(4)14-16-28/h5,7-11,17,24,26H,6,12-16H2,1-4H3. The molecule has 1 saturated heterocycles. The highest BCUT2D eigenvalue weighted by Crippen LogP contribution is 2.30. The molecule has 0 radical (unpaired) electrons. The molecule has 2 aliphatic heterocycles. The van der Waals surface area contributed by atoms with Gasteiger partial charge in [0, 0.05) is 62.4 Å². The van der Waals surface area contributed by atoms with Gasteiger partial charge in [-0.15, -0.1) is 0 Å². The van der Waals surface area contributed by atoms with Crippen molar-refractivity contribution in [2.45, 2.75) is 33.5 Å². The average molecular weight is 392 g/mol. The third kappa shape index (κ3) is 4.25. The van der Waals surface area contributed by atoms with Crippen LogP contribution in [0.15, 0.2) is 41.4 Å². The Kier molecular flexibility index (Phi) is 5.76. The Morgan fingerprint density at radius 2 is 1.62 bits per heavy atom. The molecule has 0 aromatic heterocycles. The van der Waals surface area contributed by atoms with Crippen LogP contribution in [0, 0.1) is 20.8 Å². The van der Waals surface area contributed by atoms with Gasteiger partial charge in [-0.1, -0.05) is 18.2 Å². The maximum atomic E-state index is 4.80. The van der Waals surface area contributed by atoms with E-state index in [0.29, 0.717) is 0 Å². The van der Waals surface area contributed by atoms with Crippen LogP contribution < -0.4 is 15.1 Å². The van der Waals surface area contributed by atoms with E-state index in [1.165, 1.54) is 28.1 Å². The second-order valence-electron chi connectivity index (χ2n) is 8.36. The molecule has 1 N–H and O–H groups in total. The summed E-state index contributed by atoms with van der Waals surface area (Å²) in [6, 6.07) is 13.3. The molecule has 5 nitrogen and oxygen atoms in total. The van der Waals surface area contributed by atoms with Crippen LogP contribution in [-0.4, -0.2) is 57.2 Å². The number of aliphatic imine (C=N–C) groups is 1. The number of nitrogens with zero attached hydrogens (tertiary/aromatic N) is 4. The summed E-state index contributed by atoms with van der Waals surface area (Å²) in [5.41, 5.74) is 7.65. The lowest BCUT2D eigenvalue weighted by Gasteiger charge is -2.37. The number of hydrogen-bond donors (Lipinski definition) is 1. The third-order valence-corrected chi connectivity index (χ3v) is 6.13. The van der Waals surface area contributed by atoms with Gasteiger partial charge >= 0.3 is 0 Å². The number of nitrogens with one attached hydrogen (secondary N) is 1. The number of aryl methyl sites for hydroxylation is 3. The zero-order chi connectivity index (χ0) is 20.4. The number of para-hydroxylation sites is 1. The second-order valence-corrected chi connectivity index (χ2v) is 8.36. The summed E-state index contributed by atoms with van der Waals surface area (Å²) in [5.74, 6) is 0. The van der Waals surface area contributed by atoms with Crippen molar-refractivity contribution in [1.82, 2.24) is 4.90 Å². The maximum Gasteiger partial charge on any atom is 0.196 e. The first-order valence-electron chi connectivity index (χ1n) is 10.7. The van der Waals surface area contributed by atoms with Crippen LogP contribution in [0.4, 0.5) is 17.1 Å². The fourth-order valence-corrected chi connectivity index (χ4v) is 4.39. The molecule has 2 aromatic rings. The summed E-state index contributed by atoms with van der Waals surface area (Å²) in [5, 5.41) is 3.69. The van der Waals surface area contributed by atoms with Crippen LogP contribution in [0.3, 0.4) is 0 Å². The summed E-state index contributed by atoms with van der Waals surface area (Å²) in [7, 11) is 2.20. The van der Waals surface area contributed by atoms with E-state index in [4.69, 9.17) is 4.99 Å². The molecule has 1 fully saturated rings. The molecule has 1 unspecified atom stereocenters. The van der Waals surface area contributed by atoms with Gasteiger partial charge in [0.2, 0.25) is 0 Å². The van der Waals surface area contributed by atoms with Crippen LogP contribution in [0.2, 0.25) is 0 Å². The lowest BCUT2D eigenvalue weighted by Crippen LogP contribution is -2.44. The molecular weight excluding hydrogens is 358 g/mol. The molecule has 0 saturated carbocycles. The Labute approximate surface area is 175 Å². The Morgan fingerprint density at radius 1 is 0.897 bits per heavy atom. The second kappa shape index (κ2) is 8.46. The SMILES string of the molecule is Cc1cc(N2CCN(C)CC2)ccc1NC1N=CCCN1c1c(C)cccc1C. The van der Waals surface area contributed by atoms with Crippen molar-refractivity contribution in [2.24, 2.45) is 4.99 Å². The average Bonchev–Trinajstić information content (AvgIpc) is 2.71. The van der Waals surface area contributed by atoms with Gasteiger partial charge in [0.05, 0.1) is 0 Å². The van der Waals surface area contributed by atoms with E-state index in [1.807, 2.05) is 0 Å². The van der Waals surface area contributed by atoms with Gasteiger partial charge in [-0.3, -0.25) is 4.99 Å². The summed E-state index contributed by atoms with van der Waals surface area (Å²) in [4.78, 5) is 12.1. The first-order valence-corrected chi connectivity index (χ1v) is 10.7. The van der Waals surface area contributed by atoms with Crippen LogP contribution in [0.1, 0.15) is 23.1 Å². The van der Waals surface area contributed by atoms with Crippen LogP contribution >= 0.6 is 0 Å². The van der Waals surface area contributed by atoms with Crippen molar-refractivity contribution in [3.05, 3.63) is 53.1 Å². The predicted molar refractivity (Wildman–Crippen MR) is 125 cm³/mol. The molecule has 2 aromatic carbocycles. The molecule has 2 aliphatic rings. The monoisotopic (exact) mass is 391 g/mol.